The van der Waals surface area contributed by atoms with Gasteiger partial charge in [-0.05, 0) is 43.5 Å². The predicted octanol–water partition coefficient (Wildman–Crippen LogP) is 0.351. The van der Waals surface area contributed by atoms with Crippen LogP contribution in [0.2, 0.25) is 0 Å². The summed E-state index contributed by atoms with van der Waals surface area (Å²) in [6.07, 6.45) is 0.307. The van der Waals surface area contributed by atoms with Gasteiger partial charge in [-0.1, -0.05) is 0 Å². The van der Waals surface area contributed by atoms with Crippen molar-refractivity contribution in [2.75, 3.05) is 17.2 Å². The summed E-state index contributed by atoms with van der Waals surface area (Å²) in [5.74, 6) is -0.123. The summed E-state index contributed by atoms with van der Waals surface area (Å²) in [4.78, 5) is 0.0717. The first kappa shape index (κ1) is 15.3. The van der Waals surface area contributed by atoms with Crippen LogP contribution in [0.5, 0.6) is 0 Å². The quantitative estimate of drug-likeness (QED) is 0.782. The number of benzene rings is 1. The standard InChI is InChI=1S/C12H18N2O4S2/c1-8-5-11(6-12(13)9(8)2)20(17,18)14-10-3-4-19(15,16)7-10/h5-6,10,14H,3-4,7,13H2,1-2H3. The van der Waals surface area contributed by atoms with Crippen molar-refractivity contribution in [1.29, 1.82) is 0 Å². The lowest BCUT2D eigenvalue weighted by molar-refractivity contribution is 0.562. The number of hydrogen-bond acceptors (Lipinski definition) is 5. The summed E-state index contributed by atoms with van der Waals surface area (Å²) < 4.78 is 49.7. The zero-order valence-electron chi connectivity index (χ0n) is 11.4. The summed E-state index contributed by atoms with van der Waals surface area (Å²) in [6.45, 7) is 3.60. The van der Waals surface area contributed by atoms with Gasteiger partial charge < -0.3 is 5.73 Å². The number of aryl methyl sites for hydroxylation is 1. The highest BCUT2D eigenvalue weighted by molar-refractivity contribution is 7.92. The maximum Gasteiger partial charge on any atom is 0.240 e. The Balaban J connectivity index is 2.28. The van der Waals surface area contributed by atoms with Crippen LogP contribution in [-0.4, -0.2) is 34.4 Å². The molecule has 1 aromatic carbocycles. The average Bonchev–Trinajstić information content (AvgIpc) is 2.64. The number of nitrogens with two attached hydrogens (primary N) is 1. The molecule has 112 valence electrons. The van der Waals surface area contributed by atoms with E-state index < -0.39 is 25.9 Å². The first-order valence-corrected chi connectivity index (χ1v) is 9.51. The van der Waals surface area contributed by atoms with E-state index in [9.17, 15) is 16.8 Å². The lowest BCUT2D eigenvalue weighted by Crippen LogP contribution is -2.35. The molecule has 1 atom stereocenters. The third-order valence-corrected chi connectivity index (χ3v) is 6.81. The molecule has 0 aromatic heterocycles. The fourth-order valence-corrected chi connectivity index (χ4v) is 5.35. The van der Waals surface area contributed by atoms with Gasteiger partial charge in [-0.25, -0.2) is 21.6 Å². The molecule has 1 fully saturated rings. The zero-order chi connectivity index (χ0) is 15.1. The largest absolute Gasteiger partial charge is 0.398 e. The van der Waals surface area contributed by atoms with Gasteiger partial charge in [-0.2, -0.15) is 0 Å². The lowest BCUT2D eigenvalue weighted by Gasteiger charge is -2.14. The Morgan fingerprint density at radius 3 is 2.45 bits per heavy atom. The molecule has 1 aromatic rings. The van der Waals surface area contributed by atoms with Crippen LogP contribution in [0.1, 0.15) is 17.5 Å². The van der Waals surface area contributed by atoms with E-state index in [1.165, 1.54) is 12.1 Å². The number of rotatable bonds is 3. The summed E-state index contributed by atoms with van der Waals surface area (Å²) in [5.41, 5.74) is 7.81. The molecular weight excluding hydrogens is 300 g/mol. The normalized spacial score (nSPS) is 22.0. The number of nitrogen functional groups attached to an aromatic ring is 1. The molecule has 0 bridgehead atoms. The van der Waals surface area contributed by atoms with Gasteiger partial charge in [0.15, 0.2) is 9.84 Å². The van der Waals surface area contributed by atoms with Gasteiger partial charge in [0.25, 0.3) is 0 Å². The Hall–Kier alpha value is -1.12. The molecule has 1 heterocycles. The first-order valence-electron chi connectivity index (χ1n) is 6.20. The molecule has 6 nitrogen and oxygen atoms in total. The van der Waals surface area contributed by atoms with Crippen LogP contribution >= 0.6 is 0 Å². The fourth-order valence-electron chi connectivity index (χ4n) is 2.18. The topological polar surface area (TPSA) is 106 Å². The maximum atomic E-state index is 12.3. The summed E-state index contributed by atoms with van der Waals surface area (Å²) >= 11 is 0. The molecule has 1 unspecified atom stereocenters. The number of nitrogens with one attached hydrogen (secondary N) is 1. The summed E-state index contributed by atoms with van der Waals surface area (Å²) in [5, 5.41) is 0. The zero-order valence-corrected chi connectivity index (χ0v) is 13.0. The fraction of sp³-hybridized carbons (Fsp3) is 0.500. The molecule has 1 aliphatic heterocycles. The number of hydrogen-bond donors (Lipinski definition) is 2. The molecule has 0 saturated carbocycles. The van der Waals surface area contributed by atoms with E-state index in [2.05, 4.69) is 4.72 Å². The molecule has 1 aliphatic rings. The highest BCUT2D eigenvalue weighted by Crippen LogP contribution is 2.22. The van der Waals surface area contributed by atoms with Gasteiger partial charge in [0.2, 0.25) is 10.0 Å². The number of sulfonamides is 1. The Morgan fingerprint density at radius 2 is 1.95 bits per heavy atom. The molecule has 1 saturated heterocycles. The number of sulfone groups is 1. The molecule has 2 rings (SSSR count). The predicted molar refractivity (Wildman–Crippen MR) is 77.7 cm³/mol. The molecule has 3 N–H and O–H groups in total. The monoisotopic (exact) mass is 318 g/mol. The van der Waals surface area contributed by atoms with Crippen molar-refractivity contribution in [3.63, 3.8) is 0 Å². The second-order valence-corrected chi connectivity index (χ2v) is 9.12. The van der Waals surface area contributed by atoms with E-state index >= 15 is 0 Å². The second-order valence-electron chi connectivity index (χ2n) is 5.18. The van der Waals surface area contributed by atoms with Gasteiger partial charge in [0.05, 0.1) is 16.4 Å². The SMILES string of the molecule is Cc1cc(S(=O)(=O)NC2CCS(=O)(=O)C2)cc(N)c1C. The first-order chi connectivity index (χ1) is 9.11. The Morgan fingerprint density at radius 1 is 1.30 bits per heavy atom. The Kier molecular flexibility index (Phi) is 3.83. The third-order valence-electron chi connectivity index (χ3n) is 3.55. The minimum absolute atomic E-state index is 0.0231. The van der Waals surface area contributed by atoms with E-state index in [0.717, 1.165) is 11.1 Å². The van der Waals surface area contributed by atoms with Gasteiger partial charge in [-0.15, -0.1) is 0 Å². The molecule has 20 heavy (non-hydrogen) atoms. The van der Waals surface area contributed by atoms with Crippen molar-refractivity contribution >= 4 is 25.5 Å². The Labute approximate surface area is 119 Å². The summed E-state index contributed by atoms with van der Waals surface area (Å²) in [6, 6.07) is 2.37. The lowest BCUT2D eigenvalue weighted by atomic mass is 10.1. The van der Waals surface area contributed by atoms with Gasteiger partial charge in [-0.3, -0.25) is 0 Å². The third kappa shape index (κ3) is 3.13. The second kappa shape index (κ2) is 5.01. The van der Waals surface area contributed by atoms with Crippen molar-refractivity contribution in [1.82, 2.24) is 4.72 Å². The van der Waals surface area contributed by atoms with E-state index in [1.54, 1.807) is 6.92 Å². The van der Waals surface area contributed by atoms with Crippen LogP contribution in [0.25, 0.3) is 0 Å². The average molecular weight is 318 g/mol. The highest BCUT2D eigenvalue weighted by atomic mass is 32.2. The van der Waals surface area contributed by atoms with E-state index in [1.807, 2.05) is 6.92 Å². The van der Waals surface area contributed by atoms with Crippen LogP contribution in [0.4, 0.5) is 5.69 Å². The molecule has 0 spiro atoms. The molecule has 0 aliphatic carbocycles. The van der Waals surface area contributed by atoms with Crippen LogP contribution in [-0.2, 0) is 19.9 Å². The van der Waals surface area contributed by atoms with Crippen molar-refractivity contribution in [2.45, 2.75) is 31.2 Å². The van der Waals surface area contributed by atoms with Gasteiger partial charge >= 0.3 is 0 Å². The smallest absolute Gasteiger partial charge is 0.240 e. The van der Waals surface area contributed by atoms with Crippen LogP contribution < -0.4 is 10.5 Å². The van der Waals surface area contributed by atoms with Crippen molar-refractivity contribution in [3.8, 4) is 0 Å². The van der Waals surface area contributed by atoms with Crippen LogP contribution in [0.3, 0.4) is 0 Å². The van der Waals surface area contributed by atoms with Crippen molar-refractivity contribution in [3.05, 3.63) is 23.3 Å². The molecule has 8 heteroatoms. The van der Waals surface area contributed by atoms with Gasteiger partial charge in [0.1, 0.15) is 0 Å². The Bertz CT molecular complexity index is 716. The highest BCUT2D eigenvalue weighted by Gasteiger charge is 2.31. The number of anilines is 1. The van der Waals surface area contributed by atoms with Crippen LogP contribution in [0.15, 0.2) is 17.0 Å². The van der Waals surface area contributed by atoms with Crippen molar-refractivity contribution in [2.24, 2.45) is 0 Å². The maximum absolute atomic E-state index is 12.3. The molecular formula is C12H18N2O4S2. The summed E-state index contributed by atoms with van der Waals surface area (Å²) in [7, 11) is -6.87. The van der Waals surface area contributed by atoms with Crippen molar-refractivity contribution < 1.29 is 16.8 Å². The minimum Gasteiger partial charge on any atom is -0.398 e. The molecule has 0 amide bonds. The molecule has 0 radical (unpaired) electrons. The van der Waals surface area contributed by atoms with E-state index in [-0.39, 0.29) is 16.4 Å². The van der Waals surface area contributed by atoms with Crippen LogP contribution in [0, 0.1) is 13.8 Å². The van der Waals surface area contributed by atoms with Gasteiger partial charge in [0, 0.05) is 11.7 Å². The van der Waals surface area contributed by atoms with E-state index in [4.69, 9.17) is 5.73 Å². The minimum atomic E-state index is -3.75. The van der Waals surface area contributed by atoms with E-state index in [0.29, 0.717) is 12.1 Å².